The van der Waals surface area contributed by atoms with Crippen LogP contribution in [0.5, 0.6) is 5.75 Å². The first-order valence-electron chi connectivity index (χ1n) is 8.51. The number of amides is 1. The second kappa shape index (κ2) is 8.80. The third-order valence-electron chi connectivity index (χ3n) is 3.70. The second-order valence-electron chi connectivity index (χ2n) is 5.39. The summed E-state index contributed by atoms with van der Waals surface area (Å²) in [6.45, 7) is 7.86. The molecular formula is C20H24N4O2. The molecule has 0 atom stereocenters. The Labute approximate surface area is 153 Å². The van der Waals surface area contributed by atoms with Crippen LogP contribution in [0.15, 0.2) is 48.9 Å². The van der Waals surface area contributed by atoms with Crippen LogP contribution in [0.25, 0.3) is 5.69 Å². The molecule has 1 aromatic carbocycles. The van der Waals surface area contributed by atoms with Crippen LogP contribution in [0.2, 0.25) is 0 Å². The van der Waals surface area contributed by atoms with Gasteiger partial charge >= 0.3 is 0 Å². The SMILES string of the molecule is CC.COc1ccc(-n2cc(C(=O)Nc3cccnc3)nc2C)c(C)c1. The largest absolute Gasteiger partial charge is 0.497 e. The van der Waals surface area contributed by atoms with E-state index in [0.717, 1.165) is 22.8 Å². The van der Waals surface area contributed by atoms with Crippen molar-refractivity contribution in [3.8, 4) is 11.4 Å². The van der Waals surface area contributed by atoms with E-state index in [0.29, 0.717) is 11.4 Å². The van der Waals surface area contributed by atoms with Crippen LogP contribution < -0.4 is 10.1 Å². The highest BCUT2D eigenvalue weighted by atomic mass is 16.5. The zero-order chi connectivity index (χ0) is 19.1. The minimum absolute atomic E-state index is 0.268. The first-order valence-corrected chi connectivity index (χ1v) is 8.51. The Morgan fingerprint density at radius 2 is 1.96 bits per heavy atom. The van der Waals surface area contributed by atoms with Crippen LogP contribution in [-0.2, 0) is 0 Å². The molecule has 0 aliphatic rings. The summed E-state index contributed by atoms with van der Waals surface area (Å²) >= 11 is 0. The van der Waals surface area contributed by atoms with E-state index in [1.807, 2.05) is 50.5 Å². The number of aromatic nitrogens is 3. The molecular weight excluding hydrogens is 328 g/mol. The van der Waals surface area contributed by atoms with Gasteiger partial charge in [-0.3, -0.25) is 9.78 Å². The Hall–Kier alpha value is -3.15. The maximum atomic E-state index is 12.4. The van der Waals surface area contributed by atoms with Gasteiger partial charge in [-0.2, -0.15) is 0 Å². The standard InChI is InChI=1S/C18H18N4O2.C2H6/c1-12-9-15(24-3)6-7-17(12)22-11-16(20-13(22)2)18(23)21-14-5-4-8-19-10-14;1-2/h4-11H,1-3H3,(H,21,23);1-2H3. The maximum Gasteiger partial charge on any atom is 0.275 e. The third-order valence-corrected chi connectivity index (χ3v) is 3.70. The smallest absolute Gasteiger partial charge is 0.275 e. The summed E-state index contributed by atoms with van der Waals surface area (Å²) in [6.07, 6.45) is 4.98. The first-order chi connectivity index (χ1) is 12.6. The summed E-state index contributed by atoms with van der Waals surface area (Å²) in [4.78, 5) is 20.7. The zero-order valence-corrected chi connectivity index (χ0v) is 15.8. The van der Waals surface area contributed by atoms with Crippen molar-refractivity contribution in [2.45, 2.75) is 27.7 Å². The number of imidazole rings is 1. The number of benzene rings is 1. The highest BCUT2D eigenvalue weighted by molar-refractivity contribution is 6.02. The molecule has 3 aromatic rings. The van der Waals surface area contributed by atoms with Gasteiger partial charge in [0.05, 0.1) is 19.0 Å². The Morgan fingerprint density at radius 3 is 2.58 bits per heavy atom. The van der Waals surface area contributed by atoms with Gasteiger partial charge in [0.1, 0.15) is 17.3 Å². The van der Waals surface area contributed by atoms with Crippen molar-refractivity contribution in [1.82, 2.24) is 14.5 Å². The van der Waals surface area contributed by atoms with Crippen LogP contribution in [-0.4, -0.2) is 27.6 Å². The molecule has 0 aliphatic heterocycles. The second-order valence-corrected chi connectivity index (χ2v) is 5.39. The lowest BCUT2D eigenvalue weighted by molar-refractivity contribution is 0.102. The summed E-state index contributed by atoms with van der Waals surface area (Å²) < 4.78 is 7.13. The van der Waals surface area contributed by atoms with Gasteiger partial charge < -0.3 is 14.6 Å². The minimum Gasteiger partial charge on any atom is -0.497 e. The molecule has 0 saturated carbocycles. The molecule has 3 rings (SSSR count). The van der Waals surface area contributed by atoms with E-state index in [1.54, 1.807) is 37.8 Å². The molecule has 26 heavy (non-hydrogen) atoms. The first kappa shape index (κ1) is 19.2. The van der Waals surface area contributed by atoms with Crippen molar-refractivity contribution in [3.63, 3.8) is 0 Å². The molecule has 1 N–H and O–H groups in total. The molecule has 2 heterocycles. The summed E-state index contributed by atoms with van der Waals surface area (Å²) in [6, 6.07) is 9.33. The predicted molar refractivity (Wildman–Crippen MR) is 103 cm³/mol. The number of pyridine rings is 1. The minimum atomic E-state index is -0.268. The molecule has 0 fully saturated rings. The van der Waals surface area contributed by atoms with Crippen molar-refractivity contribution in [2.24, 2.45) is 0 Å². The predicted octanol–water partition coefficient (Wildman–Crippen LogP) is 4.17. The van der Waals surface area contributed by atoms with Gasteiger partial charge in [0.15, 0.2) is 0 Å². The van der Waals surface area contributed by atoms with Crippen LogP contribution in [0, 0.1) is 13.8 Å². The van der Waals surface area contributed by atoms with Crippen LogP contribution in [0.1, 0.15) is 35.7 Å². The van der Waals surface area contributed by atoms with Crippen molar-refractivity contribution in [1.29, 1.82) is 0 Å². The van der Waals surface area contributed by atoms with E-state index in [2.05, 4.69) is 15.3 Å². The van der Waals surface area contributed by atoms with Gasteiger partial charge in [-0.05, 0) is 49.7 Å². The van der Waals surface area contributed by atoms with Gasteiger partial charge in [-0.15, -0.1) is 0 Å². The van der Waals surface area contributed by atoms with Crippen molar-refractivity contribution in [3.05, 3.63) is 66.0 Å². The van der Waals surface area contributed by atoms with E-state index in [1.165, 1.54) is 0 Å². The summed E-state index contributed by atoms with van der Waals surface area (Å²) in [5, 5.41) is 2.79. The summed E-state index contributed by atoms with van der Waals surface area (Å²) in [5.41, 5.74) is 2.98. The Kier molecular flexibility index (Phi) is 6.49. The van der Waals surface area contributed by atoms with Gasteiger partial charge in [0.2, 0.25) is 0 Å². The fourth-order valence-corrected chi connectivity index (χ4v) is 2.48. The number of nitrogens with zero attached hydrogens (tertiary/aromatic N) is 3. The number of nitrogens with one attached hydrogen (secondary N) is 1. The molecule has 6 nitrogen and oxygen atoms in total. The number of methoxy groups -OCH3 is 1. The quantitative estimate of drug-likeness (QED) is 0.765. The van der Waals surface area contributed by atoms with Gasteiger partial charge in [0, 0.05) is 18.1 Å². The lowest BCUT2D eigenvalue weighted by Crippen LogP contribution is -2.12. The van der Waals surface area contributed by atoms with Gasteiger partial charge in [0.25, 0.3) is 5.91 Å². The molecule has 0 bridgehead atoms. The van der Waals surface area contributed by atoms with Crippen molar-refractivity contribution in [2.75, 3.05) is 12.4 Å². The van der Waals surface area contributed by atoms with Crippen LogP contribution in [0.4, 0.5) is 5.69 Å². The number of ether oxygens (including phenoxy) is 1. The molecule has 2 aromatic heterocycles. The van der Waals surface area contributed by atoms with Crippen LogP contribution in [0.3, 0.4) is 0 Å². The van der Waals surface area contributed by atoms with Gasteiger partial charge in [-0.25, -0.2) is 4.98 Å². The number of carbonyl (C=O) groups is 1. The third kappa shape index (κ3) is 4.27. The number of anilines is 1. The maximum absolute atomic E-state index is 12.4. The highest BCUT2D eigenvalue weighted by Crippen LogP contribution is 2.22. The monoisotopic (exact) mass is 352 g/mol. The highest BCUT2D eigenvalue weighted by Gasteiger charge is 2.14. The van der Waals surface area contributed by atoms with E-state index in [-0.39, 0.29) is 5.91 Å². The Morgan fingerprint density at radius 1 is 1.19 bits per heavy atom. The topological polar surface area (TPSA) is 69.0 Å². The van der Waals surface area contributed by atoms with E-state index in [4.69, 9.17) is 4.74 Å². The molecule has 136 valence electrons. The zero-order valence-electron chi connectivity index (χ0n) is 15.8. The lowest BCUT2D eigenvalue weighted by Gasteiger charge is -2.10. The molecule has 0 spiro atoms. The normalized spacial score (nSPS) is 9.88. The van der Waals surface area contributed by atoms with Crippen LogP contribution >= 0.6 is 0 Å². The Balaban J connectivity index is 0.00000117. The molecule has 0 aliphatic carbocycles. The average molecular weight is 352 g/mol. The van der Waals surface area contributed by atoms with Crippen molar-refractivity contribution >= 4 is 11.6 Å². The number of hydrogen-bond donors (Lipinski definition) is 1. The molecule has 0 radical (unpaired) electrons. The molecule has 1 amide bonds. The average Bonchev–Trinajstić information content (AvgIpc) is 3.05. The number of aryl methyl sites for hydroxylation is 2. The summed E-state index contributed by atoms with van der Waals surface area (Å²) in [5.74, 6) is 1.26. The van der Waals surface area contributed by atoms with E-state index in [9.17, 15) is 4.79 Å². The van der Waals surface area contributed by atoms with E-state index < -0.39 is 0 Å². The van der Waals surface area contributed by atoms with Gasteiger partial charge in [-0.1, -0.05) is 13.8 Å². The van der Waals surface area contributed by atoms with Crippen molar-refractivity contribution < 1.29 is 9.53 Å². The Bertz CT molecular complexity index is 873. The molecule has 6 heteroatoms. The molecule has 0 unspecified atom stereocenters. The molecule has 0 saturated heterocycles. The fraction of sp³-hybridized carbons (Fsp3) is 0.250. The number of hydrogen-bond acceptors (Lipinski definition) is 4. The fourth-order valence-electron chi connectivity index (χ4n) is 2.48. The lowest BCUT2D eigenvalue weighted by atomic mass is 10.2. The number of rotatable bonds is 4. The number of carbonyl (C=O) groups excluding carboxylic acids is 1. The van der Waals surface area contributed by atoms with E-state index >= 15 is 0 Å². The summed E-state index contributed by atoms with van der Waals surface area (Å²) in [7, 11) is 1.64.